The average molecular weight is 300 g/mol. The van der Waals surface area contributed by atoms with E-state index < -0.39 is 5.91 Å². The van der Waals surface area contributed by atoms with Gasteiger partial charge in [-0.1, -0.05) is 48.5 Å². The molecule has 0 aliphatic carbocycles. The van der Waals surface area contributed by atoms with Gasteiger partial charge in [0.15, 0.2) is 0 Å². The number of benzene rings is 2. The lowest BCUT2D eigenvalue weighted by Crippen LogP contribution is -2.11. The van der Waals surface area contributed by atoms with Crippen LogP contribution in [0.1, 0.15) is 15.9 Å². The summed E-state index contributed by atoms with van der Waals surface area (Å²) in [4.78, 5) is 12.0. The Balaban J connectivity index is 2.24. The van der Waals surface area contributed by atoms with Crippen molar-refractivity contribution in [2.24, 2.45) is 5.73 Å². The first-order valence-electron chi connectivity index (χ1n) is 7.56. The minimum Gasteiger partial charge on any atom is -0.366 e. The molecule has 2 N–H and O–H groups in total. The highest BCUT2D eigenvalue weighted by Gasteiger charge is 2.18. The molecular weight excluding hydrogens is 284 g/mol. The van der Waals surface area contributed by atoms with E-state index >= 15 is 0 Å². The topological polar surface area (TPSA) is 47.5 Å². The summed E-state index contributed by atoms with van der Waals surface area (Å²) in [6.07, 6.45) is 0. The Hall–Kier alpha value is -3.07. The molecule has 1 amide bonds. The van der Waals surface area contributed by atoms with E-state index in [-0.39, 0.29) is 0 Å². The highest BCUT2D eigenvalue weighted by atomic mass is 16.1. The third-order valence-corrected chi connectivity index (χ3v) is 4.28. The maximum absolute atomic E-state index is 12.0. The monoisotopic (exact) mass is 300 g/mol. The second-order valence-electron chi connectivity index (χ2n) is 5.74. The van der Waals surface area contributed by atoms with Gasteiger partial charge in [0.05, 0.1) is 16.8 Å². The molecule has 0 unspecified atom stereocenters. The number of pyridine rings is 1. The Morgan fingerprint density at radius 3 is 2.39 bits per heavy atom. The summed E-state index contributed by atoms with van der Waals surface area (Å²) in [7, 11) is 0. The first-order chi connectivity index (χ1) is 11.2. The average Bonchev–Trinajstić information content (AvgIpc) is 2.96. The summed E-state index contributed by atoms with van der Waals surface area (Å²) < 4.78 is 2.12. The number of nitrogens with zero attached hydrogens (tertiary/aromatic N) is 1. The van der Waals surface area contributed by atoms with Crippen LogP contribution in [0.25, 0.3) is 27.7 Å². The highest BCUT2D eigenvalue weighted by Crippen LogP contribution is 2.32. The zero-order valence-electron chi connectivity index (χ0n) is 12.8. The molecule has 0 aliphatic heterocycles. The molecule has 3 heteroatoms. The zero-order valence-corrected chi connectivity index (χ0v) is 12.8. The van der Waals surface area contributed by atoms with Crippen LogP contribution in [-0.4, -0.2) is 10.3 Å². The Bertz CT molecular complexity index is 1050. The van der Waals surface area contributed by atoms with Crippen LogP contribution >= 0.6 is 0 Å². The summed E-state index contributed by atoms with van der Waals surface area (Å²) in [5.41, 5.74) is 11.3. The summed E-state index contributed by atoms with van der Waals surface area (Å²) >= 11 is 0. The maximum atomic E-state index is 12.0. The van der Waals surface area contributed by atoms with E-state index in [4.69, 9.17) is 5.73 Å². The molecule has 0 saturated carbocycles. The Morgan fingerprint density at radius 1 is 0.957 bits per heavy atom. The van der Waals surface area contributed by atoms with Crippen molar-refractivity contribution >= 4 is 22.3 Å². The van der Waals surface area contributed by atoms with E-state index in [0.29, 0.717) is 5.56 Å². The van der Waals surface area contributed by atoms with Gasteiger partial charge in [0.25, 0.3) is 5.91 Å². The molecule has 0 fully saturated rings. The van der Waals surface area contributed by atoms with Crippen LogP contribution in [0.2, 0.25) is 0 Å². The molecule has 0 aliphatic rings. The highest BCUT2D eigenvalue weighted by molar-refractivity contribution is 6.03. The molecule has 0 radical (unpaired) electrons. The lowest BCUT2D eigenvalue weighted by molar-refractivity contribution is 0.100. The Labute approximate surface area is 134 Å². The quantitative estimate of drug-likeness (QED) is 0.593. The van der Waals surface area contributed by atoms with E-state index in [0.717, 1.165) is 22.3 Å². The van der Waals surface area contributed by atoms with Crippen molar-refractivity contribution in [1.82, 2.24) is 4.40 Å². The summed E-state index contributed by atoms with van der Waals surface area (Å²) in [6, 6.07) is 22.1. The van der Waals surface area contributed by atoms with Crippen molar-refractivity contribution in [3.8, 4) is 11.3 Å². The molecule has 2 heterocycles. The van der Waals surface area contributed by atoms with Crippen LogP contribution in [0.5, 0.6) is 0 Å². The van der Waals surface area contributed by atoms with Gasteiger partial charge in [-0.3, -0.25) is 4.79 Å². The summed E-state index contributed by atoms with van der Waals surface area (Å²) in [5.74, 6) is -0.408. The second kappa shape index (κ2) is 4.99. The van der Waals surface area contributed by atoms with Gasteiger partial charge in [-0.15, -0.1) is 0 Å². The number of primary amides is 1. The fourth-order valence-electron chi connectivity index (χ4n) is 3.27. The fraction of sp³-hybridized carbons (Fsp3) is 0.0500. The maximum Gasteiger partial charge on any atom is 0.250 e. The lowest BCUT2D eigenvalue weighted by Gasteiger charge is -2.11. The van der Waals surface area contributed by atoms with Gasteiger partial charge >= 0.3 is 0 Å². The van der Waals surface area contributed by atoms with Crippen LogP contribution in [0.4, 0.5) is 0 Å². The molecule has 0 saturated heterocycles. The van der Waals surface area contributed by atoms with Crippen molar-refractivity contribution in [3.63, 3.8) is 0 Å². The van der Waals surface area contributed by atoms with Crippen LogP contribution < -0.4 is 5.73 Å². The number of rotatable bonds is 2. The number of fused-ring (bicyclic) bond motifs is 3. The van der Waals surface area contributed by atoms with Crippen molar-refractivity contribution in [2.45, 2.75) is 6.92 Å². The summed E-state index contributed by atoms with van der Waals surface area (Å²) in [6.45, 7) is 2.08. The molecule has 23 heavy (non-hydrogen) atoms. The molecule has 4 rings (SSSR count). The van der Waals surface area contributed by atoms with Gasteiger partial charge in [0.1, 0.15) is 0 Å². The van der Waals surface area contributed by atoms with Crippen molar-refractivity contribution < 1.29 is 4.79 Å². The fourth-order valence-corrected chi connectivity index (χ4v) is 3.27. The minimum atomic E-state index is -0.408. The SMILES string of the molecule is Cc1cc2cc(C(N)=O)c(-c3ccccc3)n2c2ccccc12. The van der Waals surface area contributed by atoms with Crippen LogP contribution in [0, 0.1) is 6.92 Å². The number of carbonyl (C=O) groups is 1. The number of amides is 1. The van der Waals surface area contributed by atoms with Gasteiger partial charge in [0.2, 0.25) is 0 Å². The van der Waals surface area contributed by atoms with Crippen molar-refractivity contribution in [1.29, 1.82) is 0 Å². The molecule has 2 aromatic carbocycles. The van der Waals surface area contributed by atoms with Crippen LogP contribution in [0.15, 0.2) is 66.7 Å². The van der Waals surface area contributed by atoms with E-state index in [1.807, 2.05) is 48.5 Å². The molecule has 3 nitrogen and oxygen atoms in total. The van der Waals surface area contributed by atoms with Gasteiger partial charge < -0.3 is 10.1 Å². The van der Waals surface area contributed by atoms with Gasteiger partial charge in [0, 0.05) is 10.9 Å². The number of aryl methyl sites for hydroxylation is 1. The first kappa shape index (κ1) is 13.6. The summed E-state index contributed by atoms with van der Waals surface area (Å²) in [5, 5.41) is 1.17. The van der Waals surface area contributed by atoms with Gasteiger partial charge in [-0.05, 0) is 36.2 Å². The van der Waals surface area contributed by atoms with Crippen LogP contribution in [0.3, 0.4) is 0 Å². The first-order valence-corrected chi connectivity index (χ1v) is 7.56. The molecule has 2 aromatic heterocycles. The third kappa shape index (κ3) is 2.01. The largest absolute Gasteiger partial charge is 0.366 e. The standard InChI is InChI=1S/C20H16N2O/c1-13-11-15-12-17(20(21)23)19(14-7-3-2-4-8-14)22(15)18-10-6-5-9-16(13)18/h2-12H,1H3,(H2,21,23). The number of carbonyl (C=O) groups excluding carboxylic acids is 1. The second-order valence-corrected chi connectivity index (χ2v) is 5.74. The van der Waals surface area contributed by atoms with Gasteiger partial charge in [-0.2, -0.15) is 0 Å². The molecular formula is C20H16N2O. The van der Waals surface area contributed by atoms with E-state index in [1.165, 1.54) is 10.9 Å². The minimum absolute atomic E-state index is 0.408. The molecule has 0 bridgehead atoms. The molecule has 112 valence electrons. The number of para-hydroxylation sites is 1. The van der Waals surface area contributed by atoms with E-state index in [1.54, 1.807) is 0 Å². The van der Waals surface area contributed by atoms with Gasteiger partial charge in [-0.25, -0.2) is 0 Å². The molecule has 4 aromatic rings. The Morgan fingerprint density at radius 2 is 1.65 bits per heavy atom. The number of hydrogen-bond acceptors (Lipinski definition) is 1. The molecule has 0 spiro atoms. The number of hydrogen-bond donors (Lipinski definition) is 1. The van der Waals surface area contributed by atoms with E-state index in [2.05, 4.69) is 29.5 Å². The zero-order chi connectivity index (χ0) is 16.0. The number of nitrogens with two attached hydrogens (primary N) is 1. The number of aromatic nitrogens is 1. The van der Waals surface area contributed by atoms with E-state index in [9.17, 15) is 4.79 Å². The molecule has 0 atom stereocenters. The third-order valence-electron chi connectivity index (χ3n) is 4.28. The van der Waals surface area contributed by atoms with Crippen molar-refractivity contribution in [3.05, 3.63) is 77.9 Å². The normalized spacial score (nSPS) is 11.2. The van der Waals surface area contributed by atoms with Crippen molar-refractivity contribution in [2.75, 3.05) is 0 Å². The smallest absolute Gasteiger partial charge is 0.250 e. The Kier molecular flexibility index (Phi) is 2.95. The predicted molar refractivity (Wildman–Crippen MR) is 93.6 cm³/mol. The lowest BCUT2D eigenvalue weighted by atomic mass is 10.1. The van der Waals surface area contributed by atoms with Crippen LogP contribution in [-0.2, 0) is 0 Å². The predicted octanol–water partition coefficient (Wildman–Crippen LogP) is 4.17.